The molecule has 0 aliphatic rings. The van der Waals surface area contributed by atoms with E-state index in [4.69, 9.17) is 0 Å². The fourth-order valence-electron chi connectivity index (χ4n) is 1.66. The van der Waals surface area contributed by atoms with Crippen molar-refractivity contribution in [2.24, 2.45) is 0 Å². The number of nitrogens with one attached hydrogen (secondary N) is 1. The van der Waals surface area contributed by atoms with Crippen molar-refractivity contribution in [2.45, 2.75) is 45.7 Å². The molecule has 0 saturated heterocycles. The molecule has 0 spiro atoms. The van der Waals surface area contributed by atoms with Crippen LogP contribution in [0.3, 0.4) is 0 Å². The maximum atomic E-state index is 4.33. The SMILES string of the molecule is CCCC(C)N[C@@H](C)c1ccccn1. The molecule has 78 valence electrons. The summed E-state index contributed by atoms with van der Waals surface area (Å²) in [6, 6.07) is 6.96. The molecule has 0 amide bonds. The Balaban J connectivity index is 2.46. The Kier molecular flexibility index (Phi) is 4.60. The zero-order valence-electron chi connectivity index (χ0n) is 9.33. The first-order chi connectivity index (χ1) is 6.74. The second kappa shape index (κ2) is 5.76. The molecule has 1 aromatic heterocycles. The van der Waals surface area contributed by atoms with Crippen molar-refractivity contribution in [2.75, 3.05) is 0 Å². The summed E-state index contributed by atoms with van der Waals surface area (Å²) in [5, 5.41) is 3.53. The van der Waals surface area contributed by atoms with Crippen LogP contribution in [-0.2, 0) is 0 Å². The van der Waals surface area contributed by atoms with Gasteiger partial charge in [0.2, 0.25) is 0 Å². The monoisotopic (exact) mass is 192 g/mol. The van der Waals surface area contributed by atoms with Gasteiger partial charge in [0, 0.05) is 18.3 Å². The van der Waals surface area contributed by atoms with Gasteiger partial charge in [-0.1, -0.05) is 19.4 Å². The van der Waals surface area contributed by atoms with Crippen LogP contribution in [-0.4, -0.2) is 11.0 Å². The Hall–Kier alpha value is -0.890. The summed E-state index contributed by atoms with van der Waals surface area (Å²) in [4.78, 5) is 4.33. The molecule has 1 heterocycles. The van der Waals surface area contributed by atoms with Crippen LogP contribution in [0.25, 0.3) is 0 Å². The Labute approximate surface area is 86.8 Å². The van der Waals surface area contributed by atoms with E-state index in [9.17, 15) is 0 Å². The lowest BCUT2D eigenvalue weighted by Gasteiger charge is -2.18. The summed E-state index contributed by atoms with van der Waals surface area (Å²) >= 11 is 0. The van der Waals surface area contributed by atoms with Gasteiger partial charge >= 0.3 is 0 Å². The fraction of sp³-hybridized carbons (Fsp3) is 0.583. The molecule has 0 bridgehead atoms. The molecule has 2 atom stereocenters. The minimum Gasteiger partial charge on any atom is -0.306 e. The lowest BCUT2D eigenvalue weighted by atomic mass is 10.1. The van der Waals surface area contributed by atoms with E-state index in [1.54, 1.807) is 0 Å². The summed E-state index contributed by atoms with van der Waals surface area (Å²) in [5.41, 5.74) is 1.12. The van der Waals surface area contributed by atoms with E-state index in [1.807, 2.05) is 18.3 Å². The third kappa shape index (κ3) is 3.46. The highest BCUT2D eigenvalue weighted by molar-refractivity contribution is 5.07. The lowest BCUT2D eigenvalue weighted by Crippen LogP contribution is -2.29. The van der Waals surface area contributed by atoms with Crippen molar-refractivity contribution in [1.82, 2.24) is 10.3 Å². The van der Waals surface area contributed by atoms with E-state index < -0.39 is 0 Å². The molecule has 1 aromatic rings. The van der Waals surface area contributed by atoms with Crippen LogP contribution in [0.15, 0.2) is 24.4 Å². The molecule has 1 unspecified atom stereocenters. The molecule has 0 aromatic carbocycles. The molecule has 1 rings (SSSR count). The lowest BCUT2D eigenvalue weighted by molar-refractivity contribution is 0.447. The van der Waals surface area contributed by atoms with E-state index in [-0.39, 0.29) is 0 Å². The van der Waals surface area contributed by atoms with Crippen LogP contribution < -0.4 is 5.32 Å². The van der Waals surface area contributed by atoms with Gasteiger partial charge in [0.1, 0.15) is 0 Å². The number of rotatable bonds is 5. The van der Waals surface area contributed by atoms with Gasteiger partial charge in [-0.05, 0) is 32.4 Å². The van der Waals surface area contributed by atoms with E-state index in [0.29, 0.717) is 12.1 Å². The Morgan fingerprint density at radius 1 is 1.36 bits per heavy atom. The smallest absolute Gasteiger partial charge is 0.0570 e. The van der Waals surface area contributed by atoms with Crippen LogP contribution >= 0.6 is 0 Å². The third-order valence-electron chi connectivity index (χ3n) is 2.39. The average Bonchev–Trinajstić information content (AvgIpc) is 2.19. The van der Waals surface area contributed by atoms with Crippen LogP contribution in [0.4, 0.5) is 0 Å². The largest absolute Gasteiger partial charge is 0.306 e. The highest BCUT2D eigenvalue weighted by atomic mass is 15.0. The molecule has 0 aliphatic heterocycles. The summed E-state index contributed by atoms with van der Waals surface area (Å²) in [6.45, 7) is 6.60. The first-order valence-electron chi connectivity index (χ1n) is 5.41. The molecule has 2 heteroatoms. The minimum absolute atomic E-state index is 0.345. The standard InChI is InChI=1S/C12H20N2/c1-4-7-10(2)14-11(3)12-8-5-6-9-13-12/h5-6,8-11,14H,4,7H2,1-3H3/t10?,11-/m0/s1. The van der Waals surface area contributed by atoms with E-state index in [0.717, 1.165) is 5.69 Å². The first-order valence-corrected chi connectivity index (χ1v) is 5.41. The molecular formula is C12H20N2. The van der Waals surface area contributed by atoms with Crippen LogP contribution in [0.2, 0.25) is 0 Å². The van der Waals surface area contributed by atoms with Crippen molar-refractivity contribution in [1.29, 1.82) is 0 Å². The van der Waals surface area contributed by atoms with Gasteiger partial charge in [-0.2, -0.15) is 0 Å². The molecule has 0 fully saturated rings. The maximum absolute atomic E-state index is 4.33. The first kappa shape index (κ1) is 11.2. The van der Waals surface area contributed by atoms with Crippen LogP contribution in [0.5, 0.6) is 0 Å². The van der Waals surface area contributed by atoms with Gasteiger partial charge in [0.15, 0.2) is 0 Å². The van der Waals surface area contributed by atoms with Crippen molar-refractivity contribution >= 4 is 0 Å². The normalized spacial score (nSPS) is 15.1. The van der Waals surface area contributed by atoms with Gasteiger partial charge < -0.3 is 5.32 Å². The minimum atomic E-state index is 0.345. The van der Waals surface area contributed by atoms with Crippen LogP contribution in [0, 0.1) is 0 Å². The number of aromatic nitrogens is 1. The van der Waals surface area contributed by atoms with Crippen molar-refractivity contribution in [3.05, 3.63) is 30.1 Å². The molecule has 2 nitrogen and oxygen atoms in total. The van der Waals surface area contributed by atoms with Gasteiger partial charge in [0.05, 0.1) is 5.69 Å². The Morgan fingerprint density at radius 2 is 2.14 bits per heavy atom. The van der Waals surface area contributed by atoms with E-state index in [2.05, 4.69) is 37.1 Å². The van der Waals surface area contributed by atoms with E-state index in [1.165, 1.54) is 12.8 Å². The van der Waals surface area contributed by atoms with Crippen molar-refractivity contribution < 1.29 is 0 Å². The van der Waals surface area contributed by atoms with Gasteiger partial charge in [0.25, 0.3) is 0 Å². The Morgan fingerprint density at radius 3 is 2.71 bits per heavy atom. The predicted molar refractivity (Wildman–Crippen MR) is 60.2 cm³/mol. The number of hydrogen-bond donors (Lipinski definition) is 1. The molecule has 0 saturated carbocycles. The van der Waals surface area contributed by atoms with Crippen molar-refractivity contribution in [3.8, 4) is 0 Å². The molecule has 0 radical (unpaired) electrons. The highest BCUT2D eigenvalue weighted by Crippen LogP contribution is 2.10. The summed E-state index contributed by atoms with van der Waals surface area (Å²) in [7, 11) is 0. The predicted octanol–water partition coefficient (Wildman–Crippen LogP) is 2.92. The molecule has 0 aliphatic carbocycles. The van der Waals surface area contributed by atoms with Crippen molar-refractivity contribution in [3.63, 3.8) is 0 Å². The Bertz CT molecular complexity index is 246. The topological polar surface area (TPSA) is 24.9 Å². The summed E-state index contributed by atoms with van der Waals surface area (Å²) in [5.74, 6) is 0. The zero-order chi connectivity index (χ0) is 10.4. The molecule has 1 N–H and O–H groups in total. The summed E-state index contributed by atoms with van der Waals surface area (Å²) < 4.78 is 0. The number of nitrogens with zero attached hydrogens (tertiary/aromatic N) is 1. The zero-order valence-corrected chi connectivity index (χ0v) is 9.33. The second-order valence-corrected chi connectivity index (χ2v) is 3.83. The van der Waals surface area contributed by atoms with Gasteiger partial charge in [-0.25, -0.2) is 0 Å². The third-order valence-corrected chi connectivity index (χ3v) is 2.39. The molecule has 14 heavy (non-hydrogen) atoms. The summed E-state index contributed by atoms with van der Waals surface area (Å²) in [6.07, 6.45) is 4.29. The van der Waals surface area contributed by atoms with E-state index >= 15 is 0 Å². The average molecular weight is 192 g/mol. The second-order valence-electron chi connectivity index (χ2n) is 3.83. The number of hydrogen-bond acceptors (Lipinski definition) is 2. The highest BCUT2D eigenvalue weighted by Gasteiger charge is 2.08. The quantitative estimate of drug-likeness (QED) is 0.776. The maximum Gasteiger partial charge on any atom is 0.0570 e. The van der Waals surface area contributed by atoms with Gasteiger partial charge in [-0.15, -0.1) is 0 Å². The van der Waals surface area contributed by atoms with Gasteiger partial charge in [-0.3, -0.25) is 4.98 Å². The molecular weight excluding hydrogens is 172 g/mol. The number of pyridine rings is 1. The fourth-order valence-corrected chi connectivity index (χ4v) is 1.66. The van der Waals surface area contributed by atoms with Crippen LogP contribution in [0.1, 0.15) is 45.3 Å².